The Bertz CT molecular complexity index is 382. The van der Waals surface area contributed by atoms with Gasteiger partial charge in [-0.1, -0.05) is 0 Å². The van der Waals surface area contributed by atoms with Gasteiger partial charge in [0.1, 0.15) is 0 Å². The molecule has 1 saturated heterocycles. The molecule has 0 aliphatic carbocycles. The van der Waals surface area contributed by atoms with E-state index >= 15 is 0 Å². The number of rotatable bonds is 3. The average molecular weight is 236 g/mol. The lowest BCUT2D eigenvalue weighted by Crippen LogP contribution is -2.49. The summed E-state index contributed by atoms with van der Waals surface area (Å²) in [5, 5.41) is 3.39. The third-order valence-corrected chi connectivity index (χ3v) is 3.20. The summed E-state index contributed by atoms with van der Waals surface area (Å²) in [6.07, 6.45) is 0. The van der Waals surface area contributed by atoms with Gasteiger partial charge in [0.05, 0.1) is 14.2 Å². The van der Waals surface area contributed by atoms with E-state index in [0.29, 0.717) is 6.04 Å². The quantitative estimate of drug-likeness (QED) is 0.862. The molecule has 0 bridgehead atoms. The largest absolute Gasteiger partial charge is 0.493 e. The van der Waals surface area contributed by atoms with Crippen LogP contribution in [0.2, 0.25) is 0 Å². The molecule has 4 nitrogen and oxygen atoms in total. The maximum Gasteiger partial charge on any atom is 0.162 e. The minimum absolute atomic E-state index is 0.502. The van der Waals surface area contributed by atoms with Crippen LogP contribution < -0.4 is 19.7 Å². The smallest absolute Gasteiger partial charge is 0.162 e. The van der Waals surface area contributed by atoms with E-state index in [0.717, 1.165) is 31.1 Å². The predicted molar refractivity (Wildman–Crippen MR) is 69.2 cm³/mol. The number of piperazine rings is 1. The van der Waals surface area contributed by atoms with Gasteiger partial charge in [-0.25, -0.2) is 0 Å². The second-order valence-corrected chi connectivity index (χ2v) is 4.29. The minimum Gasteiger partial charge on any atom is -0.493 e. The van der Waals surface area contributed by atoms with Gasteiger partial charge in [-0.2, -0.15) is 0 Å². The molecule has 4 heteroatoms. The van der Waals surface area contributed by atoms with E-state index in [-0.39, 0.29) is 0 Å². The van der Waals surface area contributed by atoms with Crippen molar-refractivity contribution in [1.29, 1.82) is 0 Å². The number of ether oxygens (including phenoxy) is 2. The van der Waals surface area contributed by atoms with Crippen molar-refractivity contribution in [2.75, 3.05) is 38.8 Å². The Hall–Kier alpha value is -1.42. The summed E-state index contributed by atoms with van der Waals surface area (Å²) in [6.45, 7) is 5.30. The van der Waals surface area contributed by atoms with Crippen molar-refractivity contribution in [2.24, 2.45) is 0 Å². The van der Waals surface area contributed by atoms with Crippen LogP contribution in [0.4, 0.5) is 5.69 Å². The molecule has 2 rings (SSSR count). The monoisotopic (exact) mass is 236 g/mol. The minimum atomic E-state index is 0.502. The van der Waals surface area contributed by atoms with Crippen LogP contribution in [0.3, 0.4) is 0 Å². The molecule has 17 heavy (non-hydrogen) atoms. The lowest BCUT2D eigenvalue weighted by atomic mass is 10.1. The third-order valence-electron chi connectivity index (χ3n) is 3.20. The first-order valence-corrected chi connectivity index (χ1v) is 5.95. The highest BCUT2D eigenvalue weighted by Crippen LogP contribution is 2.32. The molecule has 0 saturated carbocycles. The molecular formula is C13H20N2O2. The molecule has 0 radical (unpaired) electrons. The van der Waals surface area contributed by atoms with Crippen LogP contribution in [-0.4, -0.2) is 39.9 Å². The summed E-state index contributed by atoms with van der Waals surface area (Å²) in [5.74, 6) is 1.56. The summed E-state index contributed by atoms with van der Waals surface area (Å²) >= 11 is 0. The molecule has 0 spiro atoms. The lowest BCUT2D eigenvalue weighted by Gasteiger charge is -2.36. The fourth-order valence-corrected chi connectivity index (χ4v) is 2.23. The second kappa shape index (κ2) is 5.27. The molecule has 1 aliphatic rings. The highest BCUT2D eigenvalue weighted by atomic mass is 16.5. The molecule has 1 aliphatic heterocycles. The van der Waals surface area contributed by atoms with Gasteiger partial charge in [-0.15, -0.1) is 0 Å². The van der Waals surface area contributed by atoms with Gasteiger partial charge in [0.25, 0.3) is 0 Å². The number of nitrogens with one attached hydrogen (secondary N) is 1. The first-order chi connectivity index (χ1) is 8.26. The first-order valence-electron chi connectivity index (χ1n) is 5.95. The Morgan fingerprint density at radius 1 is 1.24 bits per heavy atom. The maximum absolute atomic E-state index is 5.34. The SMILES string of the molecule is COc1ccc(N2CCNCC2C)cc1OC. The number of hydrogen-bond acceptors (Lipinski definition) is 4. The van der Waals surface area contributed by atoms with Crippen LogP contribution >= 0.6 is 0 Å². The number of hydrogen-bond donors (Lipinski definition) is 1. The Morgan fingerprint density at radius 3 is 2.65 bits per heavy atom. The second-order valence-electron chi connectivity index (χ2n) is 4.29. The molecular weight excluding hydrogens is 216 g/mol. The predicted octanol–water partition coefficient (Wildman–Crippen LogP) is 1.50. The topological polar surface area (TPSA) is 33.7 Å². The fourth-order valence-electron chi connectivity index (χ4n) is 2.23. The lowest BCUT2D eigenvalue weighted by molar-refractivity contribution is 0.354. The summed E-state index contributed by atoms with van der Waals surface area (Å²) in [4.78, 5) is 2.39. The Balaban J connectivity index is 2.25. The summed E-state index contributed by atoms with van der Waals surface area (Å²) in [6, 6.07) is 6.59. The van der Waals surface area contributed by atoms with Crippen LogP contribution in [0, 0.1) is 0 Å². The van der Waals surface area contributed by atoms with Gasteiger partial charge in [-0.3, -0.25) is 0 Å². The van der Waals surface area contributed by atoms with Crippen LogP contribution in [0.25, 0.3) is 0 Å². The molecule has 0 amide bonds. The summed E-state index contributed by atoms with van der Waals surface area (Å²) < 4.78 is 10.6. The molecule has 0 aromatic heterocycles. The van der Waals surface area contributed by atoms with E-state index in [1.165, 1.54) is 5.69 Å². The standard InChI is InChI=1S/C13H20N2O2/c1-10-9-14-6-7-15(10)11-4-5-12(16-2)13(8-11)17-3/h4-5,8,10,14H,6-7,9H2,1-3H3. The third kappa shape index (κ3) is 2.47. The summed E-state index contributed by atoms with van der Waals surface area (Å²) in [5.41, 5.74) is 1.19. The zero-order chi connectivity index (χ0) is 12.3. The van der Waals surface area contributed by atoms with Crippen molar-refractivity contribution in [3.63, 3.8) is 0 Å². The van der Waals surface area contributed by atoms with E-state index in [2.05, 4.69) is 23.2 Å². The number of nitrogens with zero attached hydrogens (tertiary/aromatic N) is 1. The zero-order valence-corrected chi connectivity index (χ0v) is 10.7. The van der Waals surface area contributed by atoms with E-state index in [1.54, 1.807) is 14.2 Å². The maximum atomic E-state index is 5.34. The number of benzene rings is 1. The molecule has 1 unspecified atom stereocenters. The molecule has 94 valence electrons. The Labute approximate surface area is 103 Å². The van der Waals surface area contributed by atoms with Crippen molar-refractivity contribution in [3.05, 3.63) is 18.2 Å². The highest BCUT2D eigenvalue weighted by Gasteiger charge is 2.19. The van der Waals surface area contributed by atoms with E-state index in [9.17, 15) is 0 Å². The van der Waals surface area contributed by atoms with Gasteiger partial charge < -0.3 is 19.7 Å². The Morgan fingerprint density at radius 2 is 2.00 bits per heavy atom. The first kappa shape index (κ1) is 12.0. The van der Waals surface area contributed by atoms with Gasteiger partial charge in [0, 0.05) is 37.4 Å². The van der Waals surface area contributed by atoms with Crippen molar-refractivity contribution in [1.82, 2.24) is 5.32 Å². The van der Waals surface area contributed by atoms with Crippen molar-refractivity contribution >= 4 is 5.69 Å². The Kier molecular flexibility index (Phi) is 3.74. The number of anilines is 1. The van der Waals surface area contributed by atoms with Gasteiger partial charge >= 0.3 is 0 Å². The average Bonchev–Trinajstić information content (AvgIpc) is 2.38. The normalized spacial score (nSPS) is 20.2. The van der Waals surface area contributed by atoms with E-state index < -0.39 is 0 Å². The molecule has 1 fully saturated rings. The molecule has 1 N–H and O–H groups in total. The van der Waals surface area contributed by atoms with Gasteiger partial charge in [0.15, 0.2) is 11.5 Å². The highest BCUT2D eigenvalue weighted by molar-refractivity contribution is 5.57. The van der Waals surface area contributed by atoms with Crippen LogP contribution in [-0.2, 0) is 0 Å². The van der Waals surface area contributed by atoms with Gasteiger partial charge in [-0.05, 0) is 19.1 Å². The molecule has 1 atom stereocenters. The van der Waals surface area contributed by atoms with Crippen molar-refractivity contribution in [2.45, 2.75) is 13.0 Å². The van der Waals surface area contributed by atoms with Crippen LogP contribution in [0.15, 0.2) is 18.2 Å². The van der Waals surface area contributed by atoms with Crippen LogP contribution in [0.1, 0.15) is 6.92 Å². The van der Waals surface area contributed by atoms with Crippen LogP contribution in [0.5, 0.6) is 11.5 Å². The van der Waals surface area contributed by atoms with Crippen molar-refractivity contribution in [3.8, 4) is 11.5 Å². The van der Waals surface area contributed by atoms with Crippen molar-refractivity contribution < 1.29 is 9.47 Å². The molecule has 1 aromatic rings. The molecule has 1 heterocycles. The van der Waals surface area contributed by atoms with Gasteiger partial charge in [0.2, 0.25) is 0 Å². The molecule has 1 aromatic carbocycles. The van der Waals surface area contributed by atoms with E-state index in [4.69, 9.17) is 9.47 Å². The zero-order valence-electron chi connectivity index (χ0n) is 10.7. The number of methoxy groups -OCH3 is 2. The fraction of sp³-hybridized carbons (Fsp3) is 0.538. The van der Waals surface area contributed by atoms with E-state index in [1.807, 2.05) is 12.1 Å². The summed E-state index contributed by atoms with van der Waals surface area (Å²) in [7, 11) is 3.33.